The third kappa shape index (κ3) is 2.15. The van der Waals surface area contributed by atoms with E-state index >= 15 is 0 Å². The molecule has 3 rings (SSSR count). The predicted molar refractivity (Wildman–Crippen MR) is 70.8 cm³/mol. The molecule has 0 fully saturated rings. The molecule has 0 amide bonds. The fourth-order valence-corrected chi connectivity index (χ4v) is 2.22. The zero-order chi connectivity index (χ0) is 13.4. The smallest absolute Gasteiger partial charge is 0.165 e. The van der Waals surface area contributed by atoms with Gasteiger partial charge in [0.15, 0.2) is 10.8 Å². The molecule has 0 unspecified atom stereocenters. The van der Waals surface area contributed by atoms with Crippen LogP contribution in [0.4, 0.5) is 4.39 Å². The van der Waals surface area contributed by atoms with E-state index in [4.69, 9.17) is 23.2 Å². The van der Waals surface area contributed by atoms with Crippen molar-refractivity contribution in [2.45, 2.75) is 6.54 Å². The first kappa shape index (κ1) is 12.3. The van der Waals surface area contributed by atoms with Crippen molar-refractivity contribution in [1.29, 1.82) is 0 Å². The van der Waals surface area contributed by atoms with Gasteiger partial charge in [-0.05, 0) is 12.1 Å². The molecule has 7 heteroatoms. The van der Waals surface area contributed by atoms with Gasteiger partial charge in [-0.3, -0.25) is 0 Å². The highest BCUT2D eigenvalue weighted by Gasteiger charge is 2.12. The van der Waals surface area contributed by atoms with Crippen LogP contribution in [0.1, 0.15) is 5.56 Å². The van der Waals surface area contributed by atoms with Gasteiger partial charge < -0.3 is 4.57 Å². The molecule has 4 nitrogen and oxygen atoms in total. The molecule has 0 aliphatic heterocycles. The summed E-state index contributed by atoms with van der Waals surface area (Å²) in [6.07, 6.45) is 2.87. The van der Waals surface area contributed by atoms with Gasteiger partial charge in [-0.2, -0.15) is 0 Å². The third-order valence-corrected chi connectivity index (χ3v) is 3.38. The van der Waals surface area contributed by atoms with E-state index in [1.54, 1.807) is 16.7 Å². The second-order valence-electron chi connectivity index (χ2n) is 3.91. The summed E-state index contributed by atoms with van der Waals surface area (Å²) in [5, 5.41) is 0.630. The van der Waals surface area contributed by atoms with Crippen LogP contribution in [0.3, 0.4) is 0 Å². The van der Waals surface area contributed by atoms with Crippen molar-refractivity contribution >= 4 is 34.4 Å². The second-order valence-corrected chi connectivity index (χ2v) is 4.67. The maximum Gasteiger partial charge on any atom is 0.165 e. The van der Waals surface area contributed by atoms with Gasteiger partial charge >= 0.3 is 0 Å². The number of benzene rings is 1. The van der Waals surface area contributed by atoms with Gasteiger partial charge in [-0.15, -0.1) is 0 Å². The van der Waals surface area contributed by atoms with Crippen LogP contribution in [0, 0.1) is 5.82 Å². The van der Waals surface area contributed by atoms with Gasteiger partial charge in [0, 0.05) is 10.6 Å². The fourth-order valence-electron chi connectivity index (χ4n) is 1.82. The normalized spacial score (nSPS) is 11.1. The maximum atomic E-state index is 13.7. The Hall–Kier alpha value is -1.72. The molecule has 0 saturated heterocycles. The van der Waals surface area contributed by atoms with Crippen molar-refractivity contribution in [3.8, 4) is 0 Å². The Morgan fingerprint density at radius 2 is 2.00 bits per heavy atom. The minimum absolute atomic E-state index is 0.231. The summed E-state index contributed by atoms with van der Waals surface area (Å²) in [4.78, 5) is 12.1. The molecule has 0 atom stereocenters. The van der Waals surface area contributed by atoms with E-state index in [0.29, 0.717) is 21.7 Å². The SMILES string of the molecule is Fc1cccc(Cl)c1Cn1cnc2c(Cl)ncnc21. The highest BCUT2D eigenvalue weighted by atomic mass is 35.5. The molecule has 19 heavy (non-hydrogen) atoms. The molecule has 0 radical (unpaired) electrons. The van der Waals surface area contributed by atoms with E-state index < -0.39 is 0 Å². The van der Waals surface area contributed by atoms with Gasteiger partial charge in [0.05, 0.1) is 12.9 Å². The standard InChI is InChI=1S/C12H7Cl2FN4/c13-8-2-1-3-9(15)7(8)4-19-6-18-10-11(14)16-5-17-12(10)19/h1-3,5-6H,4H2. The van der Waals surface area contributed by atoms with Gasteiger partial charge in [-0.1, -0.05) is 29.3 Å². The van der Waals surface area contributed by atoms with Crippen molar-refractivity contribution in [1.82, 2.24) is 19.5 Å². The van der Waals surface area contributed by atoms with Crippen molar-refractivity contribution < 1.29 is 4.39 Å². The summed E-state index contributed by atoms with van der Waals surface area (Å²) in [6, 6.07) is 4.57. The monoisotopic (exact) mass is 296 g/mol. The number of halogens is 3. The summed E-state index contributed by atoms with van der Waals surface area (Å²) in [6.45, 7) is 0.231. The quantitative estimate of drug-likeness (QED) is 0.681. The molecule has 1 aromatic carbocycles. The Bertz CT molecular complexity index is 736. The first-order valence-electron chi connectivity index (χ1n) is 5.41. The zero-order valence-corrected chi connectivity index (χ0v) is 11.0. The summed E-state index contributed by atoms with van der Waals surface area (Å²) in [7, 11) is 0. The number of nitrogens with zero attached hydrogens (tertiary/aromatic N) is 4. The second kappa shape index (κ2) is 4.75. The molecular formula is C12H7Cl2FN4. The number of aromatic nitrogens is 4. The van der Waals surface area contributed by atoms with Crippen LogP contribution in [0.5, 0.6) is 0 Å². The highest BCUT2D eigenvalue weighted by molar-refractivity contribution is 6.33. The van der Waals surface area contributed by atoms with Gasteiger partial charge in [0.1, 0.15) is 17.7 Å². The lowest BCUT2D eigenvalue weighted by Gasteiger charge is -2.07. The van der Waals surface area contributed by atoms with Gasteiger partial charge in [-0.25, -0.2) is 19.3 Å². The predicted octanol–water partition coefficient (Wildman–Crippen LogP) is 3.32. The highest BCUT2D eigenvalue weighted by Crippen LogP contribution is 2.23. The van der Waals surface area contributed by atoms with Crippen molar-refractivity contribution in [3.63, 3.8) is 0 Å². The summed E-state index contributed by atoms with van der Waals surface area (Å²) in [5.41, 5.74) is 1.41. The lowest BCUT2D eigenvalue weighted by atomic mass is 10.2. The van der Waals surface area contributed by atoms with E-state index in [0.717, 1.165) is 0 Å². The Labute approximate surface area is 117 Å². The van der Waals surface area contributed by atoms with Crippen LogP contribution in [-0.4, -0.2) is 19.5 Å². The first-order chi connectivity index (χ1) is 9.16. The van der Waals surface area contributed by atoms with Crippen LogP contribution in [0.2, 0.25) is 10.2 Å². The summed E-state index contributed by atoms with van der Waals surface area (Å²) >= 11 is 11.9. The largest absolute Gasteiger partial charge is 0.310 e. The average Bonchev–Trinajstić information content (AvgIpc) is 2.79. The molecular weight excluding hydrogens is 290 g/mol. The minimum atomic E-state index is -0.366. The van der Waals surface area contributed by atoms with Crippen LogP contribution in [0.25, 0.3) is 11.2 Å². The Kier molecular flexibility index (Phi) is 3.08. The Morgan fingerprint density at radius 1 is 1.16 bits per heavy atom. The number of hydrogen-bond acceptors (Lipinski definition) is 3. The van der Waals surface area contributed by atoms with E-state index in [2.05, 4.69) is 15.0 Å². The summed E-state index contributed by atoms with van der Waals surface area (Å²) < 4.78 is 15.4. The van der Waals surface area contributed by atoms with E-state index in [1.807, 2.05) is 0 Å². The molecule has 0 aliphatic carbocycles. The van der Waals surface area contributed by atoms with Crippen molar-refractivity contribution in [2.75, 3.05) is 0 Å². The number of rotatable bonds is 2. The molecule has 0 spiro atoms. The van der Waals surface area contributed by atoms with Gasteiger partial charge in [0.2, 0.25) is 0 Å². The average molecular weight is 297 g/mol. The molecule has 2 aromatic heterocycles. The molecule has 0 saturated carbocycles. The minimum Gasteiger partial charge on any atom is -0.310 e. The maximum absolute atomic E-state index is 13.7. The van der Waals surface area contributed by atoms with E-state index in [-0.39, 0.29) is 17.5 Å². The van der Waals surface area contributed by atoms with Crippen molar-refractivity contribution in [2.24, 2.45) is 0 Å². The van der Waals surface area contributed by atoms with Crippen LogP contribution < -0.4 is 0 Å². The molecule has 0 N–H and O–H groups in total. The molecule has 3 aromatic rings. The number of imidazole rings is 1. The first-order valence-corrected chi connectivity index (χ1v) is 6.16. The van der Waals surface area contributed by atoms with Gasteiger partial charge in [0.25, 0.3) is 0 Å². The Morgan fingerprint density at radius 3 is 2.79 bits per heavy atom. The fraction of sp³-hybridized carbons (Fsp3) is 0.0833. The molecule has 2 heterocycles. The van der Waals surface area contributed by atoms with Crippen molar-refractivity contribution in [3.05, 3.63) is 52.4 Å². The zero-order valence-electron chi connectivity index (χ0n) is 9.52. The summed E-state index contributed by atoms with van der Waals surface area (Å²) in [5.74, 6) is -0.366. The topological polar surface area (TPSA) is 43.6 Å². The molecule has 96 valence electrons. The van der Waals surface area contributed by atoms with Crippen LogP contribution in [-0.2, 0) is 6.54 Å². The van der Waals surface area contributed by atoms with E-state index in [9.17, 15) is 4.39 Å². The van der Waals surface area contributed by atoms with Crippen LogP contribution >= 0.6 is 23.2 Å². The Balaban J connectivity index is 2.09. The molecule has 0 aliphatic rings. The molecule has 0 bridgehead atoms. The van der Waals surface area contributed by atoms with E-state index in [1.165, 1.54) is 18.7 Å². The lowest BCUT2D eigenvalue weighted by Crippen LogP contribution is -2.02. The number of fused-ring (bicyclic) bond motifs is 1. The number of hydrogen-bond donors (Lipinski definition) is 0. The van der Waals surface area contributed by atoms with Crippen LogP contribution in [0.15, 0.2) is 30.9 Å². The lowest BCUT2D eigenvalue weighted by molar-refractivity contribution is 0.601. The third-order valence-electron chi connectivity index (χ3n) is 2.75.